The average molecular weight is 362 g/mol. The minimum absolute atomic E-state index is 0.0298. The summed E-state index contributed by atoms with van der Waals surface area (Å²) in [5.74, 6) is 1.78. The predicted octanol–water partition coefficient (Wildman–Crippen LogP) is 0.624. The number of aryl methyl sites for hydroxylation is 2. The van der Waals surface area contributed by atoms with Gasteiger partial charge >= 0.3 is 0 Å². The van der Waals surface area contributed by atoms with Gasteiger partial charge in [-0.25, -0.2) is 4.98 Å². The van der Waals surface area contributed by atoms with Crippen LogP contribution in [0.1, 0.15) is 31.6 Å². The van der Waals surface area contributed by atoms with E-state index in [0.29, 0.717) is 24.9 Å². The van der Waals surface area contributed by atoms with Gasteiger partial charge in [0.25, 0.3) is 5.56 Å². The number of likely N-dealkylation sites (N-methyl/N-ethyl adjacent to an activating group) is 1. The average Bonchev–Trinajstić information content (AvgIpc) is 3.12. The van der Waals surface area contributed by atoms with Crippen molar-refractivity contribution < 1.29 is 9.26 Å². The lowest BCUT2D eigenvalue weighted by Crippen LogP contribution is -2.48. The van der Waals surface area contributed by atoms with E-state index >= 15 is 0 Å². The fourth-order valence-electron chi connectivity index (χ4n) is 3.08. The molecule has 2 unspecified atom stereocenters. The zero-order valence-electron chi connectivity index (χ0n) is 15.8. The summed E-state index contributed by atoms with van der Waals surface area (Å²) in [7, 11) is 3.58. The Labute approximate surface area is 152 Å². The van der Waals surface area contributed by atoms with Gasteiger partial charge in [0.2, 0.25) is 5.89 Å². The zero-order chi connectivity index (χ0) is 18.7. The second-order valence-electron chi connectivity index (χ2n) is 6.61. The summed E-state index contributed by atoms with van der Waals surface area (Å²) in [5, 5.41) is 3.98. The Hall–Kier alpha value is -2.26. The van der Waals surface area contributed by atoms with Gasteiger partial charge in [-0.2, -0.15) is 4.98 Å². The molecule has 0 N–H and O–H groups in total. The van der Waals surface area contributed by atoms with E-state index in [1.54, 1.807) is 19.4 Å². The molecule has 0 aromatic carbocycles. The minimum atomic E-state index is -0.117. The number of aromatic nitrogens is 4. The normalized spacial score (nSPS) is 19.5. The number of hydrogen-bond acceptors (Lipinski definition) is 8. The molecule has 9 heteroatoms. The number of anilines is 1. The molecule has 1 aliphatic heterocycles. The molecule has 0 bridgehead atoms. The maximum Gasteiger partial charge on any atom is 0.293 e. The van der Waals surface area contributed by atoms with Crippen molar-refractivity contribution in [3.05, 3.63) is 34.5 Å². The number of rotatable bonds is 6. The first kappa shape index (κ1) is 18.5. The van der Waals surface area contributed by atoms with Gasteiger partial charge in [0.15, 0.2) is 11.6 Å². The molecule has 2 atom stereocenters. The van der Waals surface area contributed by atoms with E-state index in [1.807, 2.05) is 18.9 Å². The highest BCUT2D eigenvalue weighted by Gasteiger charge is 2.29. The standard InChI is InChI=1S/C17H26N6O3/c1-5-14-19-16(26-20-14)12(2)23-8-9-25-13(11-23)10-22(4)15-17(24)21(3)7-6-18-15/h6-7,12-13H,5,8-11H2,1-4H3. The first-order valence-corrected chi connectivity index (χ1v) is 8.90. The van der Waals surface area contributed by atoms with Crippen molar-refractivity contribution in [2.45, 2.75) is 32.4 Å². The van der Waals surface area contributed by atoms with Gasteiger partial charge in [0.05, 0.1) is 18.8 Å². The molecule has 0 aliphatic carbocycles. The van der Waals surface area contributed by atoms with Gasteiger partial charge in [0, 0.05) is 52.5 Å². The van der Waals surface area contributed by atoms with Crippen LogP contribution in [-0.2, 0) is 18.2 Å². The lowest BCUT2D eigenvalue weighted by Gasteiger charge is -2.36. The van der Waals surface area contributed by atoms with E-state index in [-0.39, 0.29) is 17.7 Å². The zero-order valence-corrected chi connectivity index (χ0v) is 15.8. The highest BCUT2D eigenvalue weighted by atomic mass is 16.5. The fraction of sp³-hybridized carbons (Fsp3) is 0.647. The molecule has 142 valence electrons. The first-order valence-electron chi connectivity index (χ1n) is 8.90. The monoisotopic (exact) mass is 362 g/mol. The van der Waals surface area contributed by atoms with Crippen molar-refractivity contribution in [3.8, 4) is 0 Å². The van der Waals surface area contributed by atoms with Gasteiger partial charge in [-0.05, 0) is 6.92 Å². The summed E-state index contributed by atoms with van der Waals surface area (Å²) in [6, 6.07) is 0.0298. The Morgan fingerprint density at radius 2 is 2.27 bits per heavy atom. The lowest BCUT2D eigenvalue weighted by atomic mass is 10.2. The predicted molar refractivity (Wildman–Crippen MR) is 96.2 cm³/mol. The van der Waals surface area contributed by atoms with Gasteiger partial charge in [0.1, 0.15) is 0 Å². The summed E-state index contributed by atoms with van der Waals surface area (Å²) in [5.41, 5.74) is -0.117. The van der Waals surface area contributed by atoms with Gasteiger partial charge in [-0.15, -0.1) is 0 Å². The molecule has 9 nitrogen and oxygen atoms in total. The van der Waals surface area contributed by atoms with E-state index < -0.39 is 0 Å². The van der Waals surface area contributed by atoms with E-state index in [4.69, 9.17) is 9.26 Å². The topological polar surface area (TPSA) is 89.5 Å². The SMILES string of the molecule is CCc1noc(C(C)N2CCOC(CN(C)c3nccn(C)c3=O)C2)n1. The third-order valence-electron chi connectivity index (χ3n) is 4.71. The van der Waals surface area contributed by atoms with E-state index in [2.05, 4.69) is 26.9 Å². The Balaban J connectivity index is 1.64. The van der Waals surface area contributed by atoms with Crippen LogP contribution in [0.2, 0.25) is 0 Å². The van der Waals surface area contributed by atoms with Gasteiger partial charge in [-0.1, -0.05) is 12.1 Å². The summed E-state index contributed by atoms with van der Waals surface area (Å²) in [6.45, 7) is 6.80. The molecule has 26 heavy (non-hydrogen) atoms. The molecule has 1 saturated heterocycles. The van der Waals surface area contributed by atoms with Crippen LogP contribution < -0.4 is 10.5 Å². The van der Waals surface area contributed by atoms with Gasteiger partial charge < -0.3 is 18.7 Å². The van der Waals surface area contributed by atoms with Crippen molar-refractivity contribution >= 4 is 5.82 Å². The molecule has 2 aromatic rings. The quantitative estimate of drug-likeness (QED) is 0.739. The Morgan fingerprint density at radius 3 is 3.00 bits per heavy atom. The summed E-state index contributed by atoms with van der Waals surface area (Å²) in [6.07, 6.45) is 4.00. The van der Waals surface area contributed by atoms with Crippen LogP contribution in [0.25, 0.3) is 0 Å². The fourth-order valence-corrected chi connectivity index (χ4v) is 3.08. The smallest absolute Gasteiger partial charge is 0.293 e. The van der Waals surface area contributed by atoms with Crippen LogP contribution in [0.15, 0.2) is 21.7 Å². The summed E-state index contributed by atoms with van der Waals surface area (Å²) in [4.78, 5) is 25.0. The highest BCUT2D eigenvalue weighted by molar-refractivity contribution is 5.34. The first-order chi connectivity index (χ1) is 12.5. The van der Waals surface area contributed by atoms with E-state index in [0.717, 1.165) is 25.3 Å². The van der Waals surface area contributed by atoms with Crippen molar-refractivity contribution in [1.82, 2.24) is 24.6 Å². The molecule has 1 aliphatic rings. The molecular weight excluding hydrogens is 336 g/mol. The largest absolute Gasteiger partial charge is 0.374 e. The second-order valence-corrected chi connectivity index (χ2v) is 6.61. The van der Waals surface area contributed by atoms with Crippen LogP contribution in [0.5, 0.6) is 0 Å². The maximum atomic E-state index is 12.2. The number of morpholine rings is 1. The Kier molecular flexibility index (Phi) is 5.67. The second kappa shape index (κ2) is 7.96. The summed E-state index contributed by atoms with van der Waals surface area (Å²) >= 11 is 0. The third-order valence-corrected chi connectivity index (χ3v) is 4.71. The van der Waals surface area contributed by atoms with E-state index in [1.165, 1.54) is 4.57 Å². The van der Waals surface area contributed by atoms with Crippen molar-refractivity contribution in [2.75, 3.05) is 38.2 Å². The summed E-state index contributed by atoms with van der Waals surface area (Å²) < 4.78 is 12.8. The molecule has 0 saturated carbocycles. The minimum Gasteiger partial charge on any atom is -0.374 e. The molecule has 0 radical (unpaired) electrons. The van der Waals surface area contributed by atoms with Crippen molar-refractivity contribution in [3.63, 3.8) is 0 Å². The van der Waals surface area contributed by atoms with Crippen LogP contribution in [0, 0.1) is 0 Å². The Bertz CT molecular complexity index is 789. The molecular formula is C17H26N6O3. The molecule has 3 heterocycles. The Morgan fingerprint density at radius 1 is 1.46 bits per heavy atom. The molecule has 3 rings (SSSR count). The molecule has 1 fully saturated rings. The van der Waals surface area contributed by atoms with Crippen LogP contribution in [0.3, 0.4) is 0 Å². The van der Waals surface area contributed by atoms with E-state index in [9.17, 15) is 4.79 Å². The van der Waals surface area contributed by atoms with Crippen LogP contribution in [0.4, 0.5) is 5.82 Å². The molecule has 2 aromatic heterocycles. The highest BCUT2D eigenvalue weighted by Crippen LogP contribution is 2.22. The van der Waals surface area contributed by atoms with Crippen molar-refractivity contribution in [1.29, 1.82) is 0 Å². The number of nitrogens with zero attached hydrogens (tertiary/aromatic N) is 6. The molecule has 0 spiro atoms. The van der Waals surface area contributed by atoms with Crippen molar-refractivity contribution in [2.24, 2.45) is 7.05 Å². The molecule has 0 amide bonds. The van der Waals surface area contributed by atoms with Gasteiger partial charge in [-0.3, -0.25) is 9.69 Å². The number of ether oxygens (including phenoxy) is 1. The number of hydrogen-bond donors (Lipinski definition) is 0. The lowest BCUT2D eigenvalue weighted by molar-refractivity contribution is -0.0408. The maximum absolute atomic E-state index is 12.2. The third kappa shape index (κ3) is 3.94. The van der Waals surface area contributed by atoms with Crippen LogP contribution >= 0.6 is 0 Å². The van der Waals surface area contributed by atoms with Crippen LogP contribution in [-0.4, -0.2) is 64.0 Å².